The van der Waals surface area contributed by atoms with Crippen LogP contribution in [-0.4, -0.2) is 12.6 Å². The fourth-order valence-electron chi connectivity index (χ4n) is 2.33. The number of hydrogen-bond donors (Lipinski definition) is 1. The van der Waals surface area contributed by atoms with Crippen LogP contribution in [0.15, 0.2) is 29.6 Å². The second-order valence-corrected chi connectivity index (χ2v) is 6.80. The van der Waals surface area contributed by atoms with Crippen molar-refractivity contribution in [2.45, 2.75) is 45.6 Å². The summed E-state index contributed by atoms with van der Waals surface area (Å²) in [6, 6.07) is 9.46. The lowest BCUT2D eigenvalue weighted by Gasteiger charge is -2.26. The highest BCUT2D eigenvalue weighted by molar-refractivity contribution is 7.17. The zero-order valence-corrected chi connectivity index (χ0v) is 12.6. The standard InChI is InChI=1S/C16H23NS/c1-12(2)17-10-9-16(3,4)14-7-5-6-13-8-11-18-15(13)14/h5-8,11-12,17H,9-10H2,1-4H3. The molecule has 18 heavy (non-hydrogen) atoms. The largest absolute Gasteiger partial charge is 0.315 e. The molecule has 0 spiro atoms. The Morgan fingerprint density at radius 1 is 1.22 bits per heavy atom. The smallest absolute Gasteiger partial charge is 0.0380 e. The van der Waals surface area contributed by atoms with Gasteiger partial charge >= 0.3 is 0 Å². The van der Waals surface area contributed by atoms with Crippen LogP contribution in [0.25, 0.3) is 10.1 Å². The summed E-state index contributed by atoms with van der Waals surface area (Å²) in [5.41, 5.74) is 1.72. The molecule has 1 aromatic heterocycles. The van der Waals surface area contributed by atoms with E-state index in [1.54, 1.807) is 0 Å². The topological polar surface area (TPSA) is 12.0 Å². The van der Waals surface area contributed by atoms with E-state index >= 15 is 0 Å². The van der Waals surface area contributed by atoms with Gasteiger partial charge in [0.05, 0.1) is 0 Å². The zero-order valence-electron chi connectivity index (χ0n) is 11.8. The van der Waals surface area contributed by atoms with E-state index in [2.05, 4.69) is 62.7 Å². The summed E-state index contributed by atoms with van der Waals surface area (Å²) in [6.07, 6.45) is 1.17. The number of nitrogens with one attached hydrogen (secondary N) is 1. The van der Waals surface area contributed by atoms with Gasteiger partial charge in [-0.05, 0) is 40.8 Å². The van der Waals surface area contributed by atoms with Gasteiger partial charge in [0, 0.05) is 10.7 Å². The molecular formula is C16H23NS. The second kappa shape index (κ2) is 5.41. The fraction of sp³-hybridized carbons (Fsp3) is 0.500. The molecule has 0 aliphatic heterocycles. The molecule has 2 heteroatoms. The van der Waals surface area contributed by atoms with E-state index in [4.69, 9.17) is 0 Å². The molecule has 0 amide bonds. The number of rotatable bonds is 5. The maximum atomic E-state index is 3.52. The molecule has 0 aliphatic carbocycles. The van der Waals surface area contributed by atoms with Crippen molar-refractivity contribution >= 4 is 21.4 Å². The third-order valence-corrected chi connectivity index (χ3v) is 4.47. The molecule has 0 bridgehead atoms. The van der Waals surface area contributed by atoms with Crippen molar-refractivity contribution in [3.8, 4) is 0 Å². The van der Waals surface area contributed by atoms with E-state index in [0.29, 0.717) is 6.04 Å². The van der Waals surface area contributed by atoms with Gasteiger partial charge in [-0.15, -0.1) is 11.3 Å². The first-order chi connectivity index (χ1) is 8.50. The number of benzene rings is 1. The zero-order chi connectivity index (χ0) is 13.2. The predicted octanol–water partition coefficient (Wildman–Crippen LogP) is 4.57. The molecule has 0 radical (unpaired) electrons. The van der Waals surface area contributed by atoms with Gasteiger partial charge < -0.3 is 5.32 Å². The molecule has 98 valence electrons. The summed E-state index contributed by atoms with van der Waals surface area (Å²) < 4.78 is 1.45. The number of fused-ring (bicyclic) bond motifs is 1. The van der Waals surface area contributed by atoms with Gasteiger partial charge in [-0.3, -0.25) is 0 Å². The average Bonchev–Trinajstić information content (AvgIpc) is 2.75. The Morgan fingerprint density at radius 3 is 2.72 bits per heavy atom. The van der Waals surface area contributed by atoms with E-state index in [1.165, 1.54) is 22.1 Å². The Morgan fingerprint density at radius 2 is 2.00 bits per heavy atom. The summed E-state index contributed by atoms with van der Waals surface area (Å²) in [7, 11) is 0. The number of hydrogen-bond acceptors (Lipinski definition) is 2. The van der Waals surface area contributed by atoms with Crippen LogP contribution >= 0.6 is 11.3 Å². The summed E-state index contributed by atoms with van der Waals surface area (Å²) in [5, 5.41) is 7.08. The van der Waals surface area contributed by atoms with Gasteiger partial charge in [-0.1, -0.05) is 45.9 Å². The van der Waals surface area contributed by atoms with E-state index in [0.717, 1.165) is 6.54 Å². The van der Waals surface area contributed by atoms with E-state index < -0.39 is 0 Å². The van der Waals surface area contributed by atoms with Crippen LogP contribution in [0, 0.1) is 0 Å². The maximum absolute atomic E-state index is 3.52. The number of thiophene rings is 1. The van der Waals surface area contributed by atoms with Gasteiger partial charge in [0.1, 0.15) is 0 Å². The van der Waals surface area contributed by atoms with Crippen LogP contribution in [0.2, 0.25) is 0 Å². The SMILES string of the molecule is CC(C)NCCC(C)(C)c1cccc2ccsc12. The molecule has 1 aromatic carbocycles. The third-order valence-electron chi connectivity index (χ3n) is 3.51. The Balaban J connectivity index is 2.20. The Bertz CT molecular complexity index is 511. The van der Waals surface area contributed by atoms with Crippen LogP contribution in [0.1, 0.15) is 39.7 Å². The van der Waals surface area contributed by atoms with Gasteiger partial charge in [0.15, 0.2) is 0 Å². The molecule has 0 unspecified atom stereocenters. The maximum Gasteiger partial charge on any atom is 0.0380 e. The lowest BCUT2D eigenvalue weighted by Crippen LogP contribution is -2.29. The van der Waals surface area contributed by atoms with Crippen LogP contribution < -0.4 is 5.32 Å². The molecule has 1 N–H and O–H groups in total. The van der Waals surface area contributed by atoms with E-state index in [9.17, 15) is 0 Å². The van der Waals surface area contributed by atoms with Crippen molar-refractivity contribution in [1.82, 2.24) is 5.32 Å². The first kappa shape index (κ1) is 13.6. The normalized spacial score (nSPS) is 12.5. The van der Waals surface area contributed by atoms with Gasteiger partial charge in [-0.25, -0.2) is 0 Å². The van der Waals surface area contributed by atoms with Crippen LogP contribution in [-0.2, 0) is 5.41 Å². The van der Waals surface area contributed by atoms with E-state index in [1.807, 2.05) is 11.3 Å². The molecule has 0 saturated heterocycles. The first-order valence-corrected chi connectivity index (χ1v) is 7.59. The summed E-state index contributed by atoms with van der Waals surface area (Å²) in [6.45, 7) is 10.2. The van der Waals surface area contributed by atoms with Crippen molar-refractivity contribution in [2.24, 2.45) is 0 Å². The van der Waals surface area contributed by atoms with Crippen LogP contribution in [0.4, 0.5) is 0 Å². The second-order valence-electron chi connectivity index (χ2n) is 5.89. The predicted molar refractivity (Wildman–Crippen MR) is 82.6 cm³/mol. The van der Waals surface area contributed by atoms with Crippen molar-refractivity contribution in [1.29, 1.82) is 0 Å². The summed E-state index contributed by atoms with van der Waals surface area (Å²) in [5.74, 6) is 0. The van der Waals surface area contributed by atoms with Crippen molar-refractivity contribution in [2.75, 3.05) is 6.54 Å². The van der Waals surface area contributed by atoms with Crippen molar-refractivity contribution in [3.63, 3.8) is 0 Å². The summed E-state index contributed by atoms with van der Waals surface area (Å²) in [4.78, 5) is 0. The average molecular weight is 261 g/mol. The Labute approximate surface area is 114 Å². The lowest BCUT2D eigenvalue weighted by molar-refractivity contribution is 0.444. The highest BCUT2D eigenvalue weighted by Crippen LogP contribution is 2.35. The van der Waals surface area contributed by atoms with Crippen molar-refractivity contribution < 1.29 is 0 Å². The molecule has 1 nitrogen and oxygen atoms in total. The molecule has 2 rings (SSSR count). The molecule has 2 aromatic rings. The van der Waals surface area contributed by atoms with E-state index in [-0.39, 0.29) is 5.41 Å². The van der Waals surface area contributed by atoms with Gasteiger partial charge in [0.2, 0.25) is 0 Å². The molecule has 0 fully saturated rings. The van der Waals surface area contributed by atoms with Gasteiger partial charge in [-0.2, -0.15) is 0 Å². The minimum absolute atomic E-state index is 0.228. The molecule has 0 atom stereocenters. The molecule has 1 heterocycles. The fourth-order valence-corrected chi connectivity index (χ4v) is 3.43. The van der Waals surface area contributed by atoms with Crippen LogP contribution in [0.3, 0.4) is 0 Å². The minimum Gasteiger partial charge on any atom is -0.315 e. The lowest BCUT2D eigenvalue weighted by atomic mass is 9.81. The Kier molecular flexibility index (Phi) is 4.08. The van der Waals surface area contributed by atoms with Gasteiger partial charge in [0.25, 0.3) is 0 Å². The highest BCUT2D eigenvalue weighted by Gasteiger charge is 2.22. The quantitative estimate of drug-likeness (QED) is 0.831. The highest BCUT2D eigenvalue weighted by atomic mass is 32.1. The monoisotopic (exact) mass is 261 g/mol. The minimum atomic E-state index is 0.228. The molecular weight excluding hydrogens is 238 g/mol. The molecule has 0 saturated carbocycles. The molecule has 0 aliphatic rings. The van der Waals surface area contributed by atoms with Crippen LogP contribution in [0.5, 0.6) is 0 Å². The Hall–Kier alpha value is -0.860. The summed E-state index contributed by atoms with van der Waals surface area (Å²) >= 11 is 1.86. The van der Waals surface area contributed by atoms with Crippen molar-refractivity contribution in [3.05, 3.63) is 35.2 Å². The first-order valence-electron chi connectivity index (χ1n) is 6.71. The third kappa shape index (κ3) is 2.93.